The number of nitrogens with zero attached hydrogens (tertiary/aromatic N) is 2. The predicted octanol–water partition coefficient (Wildman–Crippen LogP) is 4.81. The highest BCUT2D eigenvalue weighted by molar-refractivity contribution is 6.37. The van der Waals surface area contributed by atoms with Gasteiger partial charge < -0.3 is 21.3 Å². The highest BCUT2D eigenvalue weighted by Gasteiger charge is 2.41. The Morgan fingerprint density at radius 2 is 1.82 bits per heavy atom. The van der Waals surface area contributed by atoms with E-state index in [-0.39, 0.29) is 40.8 Å². The Morgan fingerprint density at radius 1 is 1.05 bits per heavy atom. The number of hydrogen-bond acceptors (Lipinski definition) is 6. The number of piperidine rings is 1. The van der Waals surface area contributed by atoms with E-state index in [0.29, 0.717) is 34.2 Å². The van der Waals surface area contributed by atoms with E-state index < -0.39 is 5.91 Å². The Morgan fingerprint density at radius 3 is 2.49 bits per heavy atom. The molecule has 4 fully saturated rings. The first-order valence-corrected chi connectivity index (χ1v) is 14.6. The van der Waals surface area contributed by atoms with Crippen LogP contribution in [-0.4, -0.2) is 47.3 Å². The fourth-order valence-corrected chi connectivity index (χ4v) is 6.78. The maximum absolute atomic E-state index is 13.4. The van der Waals surface area contributed by atoms with Crippen molar-refractivity contribution in [2.24, 2.45) is 23.5 Å². The van der Waals surface area contributed by atoms with E-state index in [1.807, 2.05) is 12.1 Å². The number of pyridine rings is 1. The standard InChI is InChI=1S/C30H36ClN5O3/c1-16(17-4-5-17)34-27-23(29(32)38)10-9-22(26(27)31)30(39)35-21-13-19-3-2-12-36(24(19)14-21)25-11-8-20(15-33-25)28(37)18-6-7-18/h8-11,15-19,21,24,34H,2-7,12-14H2,1H3,(H2,32,38)(H,35,39). The topological polar surface area (TPSA) is 117 Å². The van der Waals surface area contributed by atoms with Gasteiger partial charge in [0, 0.05) is 42.3 Å². The van der Waals surface area contributed by atoms with E-state index in [1.54, 1.807) is 18.3 Å². The Kier molecular flexibility index (Phi) is 7.00. The lowest BCUT2D eigenvalue weighted by Crippen LogP contribution is -2.43. The molecule has 6 rings (SSSR count). The fraction of sp³-hybridized carbons (Fsp3) is 0.533. The van der Waals surface area contributed by atoms with Gasteiger partial charge in [-0.15, -0.1) is 0 Å². The molecule has 0 bridgehead atoms. The lowest BCUT2D eigenvalue weighted by atomic mass is 9.92. The second kappa shape index (κ2) is 10.5. The minimum absolute atomic E-state index is 0.0116. The highest BCUT2D eigenvalue weighted by Crippen LogP contribution is 2.40. The number of halogens is 1. The van der Waals surface area contributed by atoms with Gasteiger partial charge in [0.15, 0.2) is 5.78 Å². The van der Waals surface area contributed by atoms with Gasteiger partial charge in [0.2, 0.25) is 0 Å². The monoisotopic (exact) mass is 549 g/mol. The first-order valence-electron chi connectivity index (χ1n) is 14.3. The number of primary amides is 1. The van der Waals surface area contributed by atoms with Crippen molar-refractivity contribution in [1.82, 2.24) is 10.3 Å². The van der Waals surface area contributed by atoms with E-state index in [2.05, 4.69) is 27.4 Å². The molecule has 3 saturated carbocycles. The molecule has 8 nitrogen and oxygen atoms in total. The summed E-state index contributed by atoms with van der Waals surface area (Å²) in [6, 6.07) is 7.49. The van der Waals surface area contributed by atoms with Gasteiger partial charge in [0.05, 0.1) is 21.8 Å². The third-order valence-corrected chi connectivity index (χ3v) is 9.39. The van der Waals surface area contributed by atoms with Crippen LogP contribution in [0.25, 0.3) is 0 Å². The van der Waals surface area contributed by atoms with Crippen molar-refractivity contribution in [3.63, 3.8) is 0 Å². The Hall–Kier alpha value is -3.13. The zero-order chi connectivity index (χ0) is 27.3. The molecule has 4 atom stereocenters. The molecule has 0 radical (unpaired) electrons. The summed E-state index contributed by atoms with van der Waals surface area (Å²) in [5, 5.41) is 6.80. The number of fused-ring (bicyclic) bond motifs is 1. The molecule has 4 N–H and O–H groups in total. The normalized spacial score (nSPS) is 25.1. The average Bonchev–Trinajstić information content (AvgIpc) is 3.85. The van der Waals surface area contributed by atoms with E-state index >= 15 is 0 Å². The maximum atomic E-state index is 13.4. The number of anilines is 2. The molecule has 1 aliphatic heterocycles. The Balaban J connectivity index is 1.15. The molecular weight excluding hydrogens is 514 g/mol. The van der Waals surface area contributed by atoms with Crippen LogP contribution < -0.4 is 21.3 Å². The number of aromatic nitrogens is 1. The van der Waals surface area contributed by atoms with Crippen LogP contribution in [0.3, 0.4) is 0 Å². The van der Waals surface area contributed by atoms with Crippen molar-refractivity contribution >= 4 is 40.7 Å². The third kappa shape index (κ3) is 5.36. The molecule has 9 heteroatoms. The summed E-state index contributed by atoms with van der Waals surface area (Å²) in [5.74, 6) is 1.47. The molecule has 206 valence electrons. The van der Waals surface area contributed by atoms with Crippen LogP contribution in [-0.2, 0) is 0 Å². The number of benzene rings is 1. The van der Waals surface area contributed by atoms with Gasteiger partial charge in [-0.1, -0.05) is 11.6 Å². The van der Waals surface area contributed by atoms with Gasteiger partial charge in [0.1, 0.15) is 5.82 Å². The molecule has 2 amide bonds. The first kappa shape index (κ1) is 26.1. The molecule has 4 unspecified atom stereocenters. The number of nitrogens with one attached hydrogen (secondary N) is 2. The molecule has 0 spiro atoms. The summed E-state index contributed by atoms with van der Waals surface area (Å²) in [6.07, 6.45) is 9.88. The van der Waals surface area contributed by atoms with Crippen molar-refractivity contribution in [3.8, 4) is 0 Å². The summed E-state index contributed by atoms with van der Waals surface area (Å²) in [6.45, 7) is 2.98. The first-order chi connectivity index (χ1) is 18.8. The van der Waals surface area contributed by atoms with E-state index in [4.69, 9.17) is 17.3 Å². The third-order valence-electron chi connectivity index (χ3n) is 8.99. The summed E-state index contributed by atoms with van der Waals surface area (Å²) in [7, 11) is 0. The maximum Gasteiger partial charge on any atom is 0.253 e. The Labute approximate surface area is 234 Å². The quantitative estimate of drug-likeness (QED) is 0.386. The van der Waals surface area contributed by atoms with E-state index in [1.165, 1.54) is 0 Å². The Bertz CT molecular complexity index is 1290. The van der Waals surface area contributed by atoms with Gasteiger partial charge in [0.25, 0.3) is 11.8 Å². The average molecular weight is 550 g/mol. The zero-order valence-electron chi connectivity index (χ0n) is 22.3. The van der Waals surface area contributed by atoms with E-state index in [9.17, 15) is 14.4 Å². The van der Waals surface area contributed by atoms with E-state index in [0.717, 1.165) is 63.7 Å². The van der Waals surface area contributed by atoms with Crippen LogP contribution >= 0.6 is 11.6 Å². The fourth-order valence-electron chi connectivity index (χ4n) is 6.47. The number of nitrogens with two attached hydrogens (primary N) is 1. The number of ketones is 1. The van der Waals surface area contributed by atoms with Crippen LogP contribution in [0.4, 0.5) is 11.5 Å². The van der Waals surface area contributed by atoms with Crippen LogP contribution in [0.2, 0.25) is 5.02 Å². The van der Waals surface area contributed by atoms with Gasteiger partial charge in [-0.25, -0.2) is 4.98 Å². The van der Waals surface area contributed by atoms with Gasteiger partial charge in [-0.2, -0.15) is 0 Å². The number of amides is 2. The molecule has 1 aromatic carbocycles. The zero-order valence-corrected chi connectivity index (χ0v) is 23.0. The lowest BCUT2D eigenvalue weighted by Gasteiger charge is -2.38. The van der Waals surface area contributed by atoms with Gasteiger partial charge in [-0.05, 0) is 94.4 Å². The second-order valence-corrected chi connectivity index (χ2v) is 12.2. The molecule has 2 heterocycles. The minimum Gasteiger partial charge on any atom is -0.380 e. The summed E-state index contributed by atoms with van der Waals surface area (Å²) >= 11 is 6.72. The largest absolute Gasteiger partial charge is 0.380 e. The van der Waals surface area contributed by atoms with Crippen molar-refractivity contribution < 1.29 is 14.4 Å². The second-order valence-electron chi connectivity index (χ2n) is 11.8. The number of rotatable bonds is 9. The van der Waals surface area contributed by atoms with Crippen LogP contribution in [0, 0.1) is 17.8 Å². The highest BCUT2D eigenvalue weighted by atomic mass is 35.5. The SMILES string of the molecule is CC(Nc1c(C(N)=O)ccc(C(=O)NC2CC3CCCN(c4ccc(C(=O)C5CC5)cn4)C3C2)c1Cl)C1CC1. The molecule has 4 aliphatic rings. The van der Waals surface area contributed by atoms with Gasteiger partial charge in [-0.3, -0.25) is 14.4 Å². The van der Waals surface area contributed by atoms with Crippen molar-refractivity contribution in [2.45, 2.75) is 76.4 Å². The van der Waals surface area contributed by atoms with Crippen LogP contribution in [0.15, 0.2) is 30.5 Å². The summed E-state index contributed by atoms with van der Waals surface area (Å²) in [5.41, 5.74) is 7.39. The summed E-state index contributed by atoms with van der Waals surface area (Å²) in [4.78, 5) is 44.9. The smallest absolute Gasteiger partial charge is 0.253 e. The van der Waals surface area contributed by atoms with Crippen LogP contribution in [0.5, 0.6) is 0 Å². The van der Waals surface area contributed by atoms with Crippen molar-refractivity contribution in [1.29, 1.82) is 0 Å². The minimum atomic E-state index is -0.576. The lowest BCUT2D eigenvalue weighted by molar-refractivity contribution is 0.0933. The number of hydrogen-bond donors (Lipinski definition) is 3. The van der Waals surface area contributed by atoms with Gasteiger partial charge >= 0.3 is 0 Å². The molecule has 2 aromatic rings. The molecular formula is C30H36ClN5O3. The number of carbonyl (C=O) groups excluding carboxylic acids is 3. The number of Topliss-reactive ketones (excluding diaryl/α,β-unsaturated/α-hetero) is 1. The predicted molar refractivity (Wildman–Crippen MR) is 151 cm³/mol. The van der Waals surface area contributed by atoms with Crippen molar-refractivity contribution in [3.05, 3.63) is 52.2 Å². The molecule has 1 aromatic heterocycles. The molecule has 1 saturated heterocycles. The molecule has 3 aliphatic carbocycles. The van der Waals surface area contributed by atoms with Crippen LogP contribution in [0.1, 0.15) is 89.4 Å². The number of carbonyl (C=O) groups is 3. The van der Waals surface area contributed by atoms with Crippen molar-refractivity contribution in [2.75, 3.05) is 16.8 Å². The summed E-state index contributed by atoms with van der Waals surface area (Å²) < 4.78 is 0. The molecule has 39 heavy (non-hydrogen) atoms.